The van der Waals surface area contributed by atoms with Crippen LogP contribution in [0.25, 0.3) is 22.5 Å². The second kappa shape index (κ2) is 9.04. The molecule has 0 radical (unpaired) electrons. The molecule has 0 atom stereocenters. The smallest absolute Gasteiger partial charge is 0.128 e. The van der Waals surface area contributed by atoms with Crippen molar-refractivity contribution in [3.8, 4) is 28.3 Å². The number of ether oxygens (including phenoxy) is 1. The van der Waals surface area contributed by atoms with Crippen LogP contribution < -0.4 is 4.74 Å². The van der Waals surface area contributed by atoms with Crippen LogP contribution in [0, 0.1) is 0 Å². The molecular formula is C23H28N4O. The summed E-state index contributed by atoms with van der Waals surface area (Å²) in [4.78, 5) is 12.8. The lowest BCUT2D eigenvalue weighted by Gasteiger charge is -2.33. The van der Waals surface area contributed by atoms with Gasteiger partial charge in [0.05, 0.1) is 17.7 Å². The Morgan fingerprint density at radius 3 is 2.43 bits per heavy atom. The molecule has 5 heteroatoms. The highest BCUT2D eigenvalue weighted by atomic mass is 16.5. The van der Waals surface area contributed by atoms with E-state index in [0.29, 0.717) is 6.61 Å². The highest BCUT2D eigenvalue weighted by Crippen LogP contribution is 2.34. The van der Waals surface area contributed by atoms with Crippen molar-refractivity contribution in [3.63, 3.8) is 0 Å². The Labute approximate surface area is 167 Å². The molecule has 1 aliphatic rings. The second-order valence-electron chi connectivity index (χ2n) is 7.11. The molecule has 1 aromatic heterocycles. The van der Waals surface area contributed by atoms with Crippen LogP contribution in [0.3, 0.4) is 0 Å². The highest BCUT2D eigenvalue weighted by molar-refractivity contribution is 5.81. The molecule has 0 bridgehead atoms. The van der Waals surface area contributed by atoms with E-state index in [1.807, 2.05) is 36.4 Å². The van der Waals surface area contributed by atoms with Gasteiger partial charge in [-0.2, -0.15) is 0 Å². The van der Waals surface area contributed by atoms with Gasteiger partial charge in [0, 0.05) is 43.9 Å². The van der Waals surface area contributed by atoms with E-state index in [2.05, 4.69) is 44.9 Å². The Morgan fingerprint density at radius 2 is 1.64 bits per heavy atom. The highest BCUT2D eigenvalue weighted by Gasteiger charge is 2.17. The molecule has 5 nitrogen and oxygen atoms in total. The molecule has 0 aliphatic carbocycles. The molecule has 2 heterocycles. The van der Waals surface area contributed by atoms with Gasteiger partial charge in [-0.15, -0.1) is 0 Å². The van der Waals surface area contributed by atoms with Crippen LogP contribution in [0.15, 0.2) is 60.9 Å². The van der Waals surface area contributed by atoms with E-state index in [0.717, 1.165) is 67.5 Å². The number of hydrogen-bond acceptors (Lipinski definition) is 4. The molecular weight excluding hydrogens is 348 g/mol. The minimum absolute atomic E-state index is 0.692. The average molecular weight is 377 g/mol. The van der Waals surface area contributed by atoms with Crippen LogP contribution in [0.4, 0.5) is 0 Å². The number of nitrogens with zero attached hydrogens (tertiary/aromatic N) is 3. The standard InChI is InChI=1S/C23H28N4O/c1-2-26-12-14-27(15-13-26)16-17-28-21-11-7-6-10-20(21)23-22(24-18-25-23)19-8-4-3-5-9-19/h3-11,18H,2,12-17H2,1H3,(H,24,25). The molecule has 1 aliphatic heterocycles. The van der Waals surface area contributed by atoms with Gasteiger partial charge in [-0.25, -0.2) is 4.98 Å². The van der Waals surface area contributed by atoms with E-state index in [1.54, 1.807) is 6.33 Å². The van der Waals surface area contributed by atoms with Crippen LogP contribution >= 0.6 is 0 Å². The first-order chi connectivity index (χ1) is 13.8. The molecule has 0 amide bonds. The molecule has 146 valence electrons. The molecule has 1 saturated heterocycles. The van der Waals surface area contributed by atoms with Gasteiger partial charge in [0.25, 0.3) is 0 Å². The number of likely N-dealkylation sites (N-methyl/N-ethyl adjacent to an activating group) is 1. The maximum Gasteiger partial charge on any atom is 0.128 e. The monoisotopic (exact) mass is 376 g/mol. The fourth-order valence-corrected chi connectivity index (χ4v) is 3.73. The zero-order chi connectivity index (χ0) is 19.2. The number of hydrogen-bond donors (Lipinski definition) is 1. The number of imidazole rings is 1. The lowest BCUT2D eigenvalue weighted by Crippen LogP contribution is -2.47. The van der Waals surface area contributed by atoms with Crippen molar-refractivity contribution < 1.29 is 4.74 Å². The molecule has 1 fully saturated rings. The number of piperazine rings is 1. The van der Waals surface area contributed by atoms with Crippen LogP contribution in [0.2, 0.25) is 0 Å². The Balaban J connectivity index is 1.45. The molecule has 3 aromatic rings. The van der Waals surface area contributed by atoms with E-state index in [-0.39, 0.29) is 0 Å². The third-order valence-corrected chi connectivity index (χ3v) is 5.42. The third-order valence-electron chi connectivity index (χ3n) is 5.42. The van der Waals surface area contributed by atoms with Gasteiger partial charge < -0.3 is 14.6 Å². The normalized spacial score (nSPS) is 15.6. The van der Waals surface area contributed by atoms with E-state index >= 15 is 0 Å². The number of nitrogens with one attached hydrogen (secondary N) is 1. The van der Waals surface area contributed by atoms with Crippen LogP contribution in [0.1, 0.15) is 6.92 Å². The van der Waals surface area contributed by atoms with Gasteiger partial charge in [-0.3, -0.25) is 4.90 Å². The van der Waals surface area contributed by atoms with Gasteiger partial charge in [0.15, 0.2) is 0 Å². The minimum Gasteiger partial charge on any atom is -0.492 e. The maximum absolute atomic E-state index is 6.20. The van der Waals surface area contributed by atoms with E-state index < -0.39 is 0 Å². The summed E-state index contributed by atoms with van der Waals surface area (Å²) in [6.45, 7) is 9.58. The van der Waals surface area contributed by atoms with Gasteiger partial charge in [0.2, 0.25) is 0 Å². The quantitative estimate of drug-likeness (QED) is 0.682. The molecule has 4 rings (SSSR count). The van der Waals surface area contributed by atoms with Crippen molar-refractivity contribution >= 4 is 0 Å². The topological polar surface area (TPSA) is 44.4 Å². The second-order valence-corrected chi connectivity index (χ2v) is 7.11. The number of aromatic nitrogens is 2. The summed E-state index contributed by atoms with van der Waals surface area (Å²) in [5, 5.41) is 0. The van der Waals surface area contributed by atoms with Crippen LogP contribution in [0.5, 0.6) is 5.75 Å². The maximum atomic E-state index is 6.20. The van der Waals surface area contributed by atoms with Crippen LogP contribution in [-0.2, 0) is 0 Å². The Kier molecular flexibility index (Phi) is 6.04. The first-order valence-corrected chi connectivity index (χ1v) is 10.1. The minimum atomic E-state index is 0.692. The molecule has 0 spiro atoms. The molecule has 0 saturated carbocycles. The molecule has 1 N–H and O–H groups in total. The van der Waals surface area contributed by atoms with Gasteiger partial charge in [-0.05, 0) is 18.7 Å². The zero-order valence-corrected chi connectivity index (χ0v) is 16.5. The lowest BCUT2D eigenvalue weighted by atomic mass is 10.0. The van der Waals surface area contributed by atoms with Gasteiger partial charge >= 0.3 is 0 Å². The van der Waals surface area contributed by atoms with Crippen molar-refractivity contribution in [3.05, 3.63) is 60.9 Å². The Bertz CT molecular complexity index is 869. The molecule has 2 aromatic carbocycles. The van der Waals surface area contributed by atoms with Crippen molar-refractivity contribution in [2.45, 2.75) is 6.92 Å². The summed E-state index contributed by atoms with van der Waals surface area (Å²) in [5.41, 5.74) is 4.10. The summed E-state index contributed by atoms with van der Waals surface area (Å²) in [7, 11) is 0. The molecule has 28 heavy (non-hydrogen) atoms. The van der Waals surface area contributed by atoms with E-state index in [9.17, 15) is 0 Å². The van der Waals surface area contributed by atoms with E-state index in [1.165, 1.54) is 0 Å². The zero-order valence-electron chi connectivity index (χ0n) is 16.5. The predicted molar refractivity (Wildman–Crippen MR) is 114 cm³/mol. The summed E-state index contributed by atoms with van der Waals surface area (Å²) in [6.07, 6.45) is 1.75. The number of para-hydroxylation sites is 1. The number of benzene rings is 2. The van der Waals surface area contributed by atoms with Gasteiger partial charge in [0.1, 0.15) is 12.4 Å². The van der Waals surface area contributed by atoms with Crippen molar-refractivity contribution in [1.82, 2.24) is 19.8 Å². The summed E-state index contributed by atoms with van der Waals surface area (Å²) in [6, 6.07) is 18.5. The number of H-pyrrole nitrogens is 1. The van der Waals surface area contributed by atoms with E-state index in [4.69, 9.17) is 4.74 Å². The Morgan fingerprint density at radius 1 is 0.929 bits per heavy atom. The number of rotatable bonds is 7. The average Bonchev–Trinajstić information content (AvgIpc) is 3.25. The van der Waals surface area contributed by atoms with Crippen LogP contribution in [-0.4, -0.2) is 65.6 Å². The first kappa shape index (κ1) is 18.7. The molecule has 0 unspecified atom stereocenters. The van der Waals surface area contributed by atoms with Gasteiger partial charge in [-0.1, -0.05) is 49.4 Å². The largest absolute Gasteiger partial charge is 0.492 e. The Hall–Kier alpha value is -2.63. The van der Waals surface area contributed by atoms with Crippen molar-refractivity contribution in [2.24, 2.45) is 0 Å². The van der Waals surface area contributed by atoms with Crippen molar-refractivity contribution in [2.75, 3.05) is 45.9 Å². The fraction of sp³-hybridized carbons (Fsp3) is 0.348. The lowest BCUT2D eigenvalue weighted by molar-refractivity contribution is 0.121. The summed E-state index contributed by atoms with van der Waals surface area (Å²) in [5.74, 6) is 0.899. The number of aromatic amines is 1. The predicted octanol–water partition coefficient (Wildman–Crippen LogP) is 3.76. The summed E-state index contributed by atoms with van der Waals surface area (Å²) >= 11 is 0. The van der Waals surface area contributed by atoms with Crippen molar-refractivity contribution in [1.29, 1.82) is 0 Å². The summed E-state index contributed by atoms with van der Waals surface area (Å²) < 4.78 is 6.20. The SMILES string of the molecule is CCN1CCN(CCOc2ccccc2-c2[nH]cnc2-c2ccccc2)CC1. The fourth-order valence-electron chi connectivity index (χ4n) is 3.73. The first-order valence-electron chi connectivity index (χ1n) is 10.1. The third kappa shape index (κ3) is 4.26.